The number of anilines is 1. The highest BCUT2D eigenvalue weighted by Crippen LogP contribution is 2.50. The number of fused-ring (bicyclic) bond motifs is 1. The number of primary amides is 1. The van der Waals surface area contributed by atoms with Crippen LogP contribution in [0.15, 0.2) is 36.4 Å². The predicted molar refractivity (Wildman–Crippen MR) is 116 cm³/mol. The number of benzene rings is 2. The minimum atomic E-state index is -2.04. The van der Waals surface area contributed by atoms with Gasteiger partial charge in [-0.25, -0.2) is 0 Å². The zero-order chi connectivity index (χ0) is 22.1. The number of carbonyl (C=O) groups excluding carboxylic acids is 2. The van der Waals surface area contributed by atoms with Crippen molar-refractivity contribution in [2.24, 2.45) is 5.73 Å². The first kappa shape index (κ1) is 22.1. The zero-order valence-electron chi connectivity index (χ0n) is 17.3. The van der Waals surface area contributed by atoms with Crippen LogP contribution in [-0.2, 0) is 10.4 Å². The average molecular weight is 432 g/mol. The zero-order valence-corrected chi connectivity index (χ0v) is 18.1. The van der Waals surface area contributed by atoms with E-state index in [0.29, 0.717) is 24.5 Å². The third-order valence-corrected chi connectivity index (χ3v) is 5.89. The van der Waals surface area contributed by atoms with Gasteiger partial charge in [-0.3, -0.25) is 9.59 Å². The first-order valence-corrected chi connectivity index (χ1v) is 10.2. The molecule has 0 spiro atoms. The van der Waals surface area contributed by atoms with E-state index >= 15 is 0 Å². The number of likely N-dealkylation sites (N-methyl/N-ethyl adjacent to an activating group) is 1. The summed E-state index contributed by atoms with van der Waals surface area (Å²) in [7, 11) is 1.47. The third kappa shape index (κ3) is 3.53. The van der Waals surface area contributed by atoms with Gasteiger partial charge in [0.2, 0.25) is 11.5 Å². The molecule has 0 saturated heterocycles. The van der Waals surface area contributed by atoms with Gasteiger partial charge in [-0.1, -0.05) is 43.6 Å². The SMILES string of the molecule is CCN(CC)CCN1C(=O)C(O)(c2ccccc2OC)c2c(Cl)cc(C(N)=O)cc21. The van der Waals surface area contributed by atoms with E-state index in [-0.39, 0.29) is 21.7 Å². The molecule has 1 aliphatic heterocycles. The number of carbonyl (C=O) groups is 2. The topological polar surface area (TPSA) is 96.1 Å². The van der Waals surface area contributed by atoms with E-state index in [1.165, 1.54) is 24.1 Å². The lowest BCUT2D eigenvalue weighted by molar-refractivity contribution is -0.132. The fraction of sp³-hybridized carbons (Fsp3) is 0.364. The van der Waals surface area contributed by atoms with Crippen molar-refractivity contribution in [1.29, 1.82) is 0 Å². The first-order chi connectivity index (χ1) is 14.3. The van der Waals surface area contributed by atoms with Gasteiger partial charge >= 0.3 is 0 Å². The molecule has 3 rings (SSSR count). The minimum absolute atomic E-state index is 0.0911. The molecule has 0 aromatic heterocycles. The number of nitrogens with zero attached hydrogens (tertiary/aromatic N) is 2. The number of aliphatic hydroxyl groups is 1. The second-order valence-corrected chi connectivity index (χ2v) is 7.52. The maximum absolute atomic E-state index is 13.6. The second kappa shape index (κ2) is 8.63. The Kier molecular flexibility index (Phi) is 6.36. The van der Waals surface area contributed by atoms with Crippen LogP contribution >= 0.6 is 11.6 Å². The highest BCUT2D eigenvalue weighted by Gasteiger charge is 2.54. The number of para-hydroxylation sites is 1. The lowest BCUT2D eigenvalue weighted by atomic mass is 9.86. The quantitative estimate of drug-likeness (QED) is 0.669. The van der Waals surface area contributed by atoms with Gasteiger partial charge in [-0.05, 0) is 31.3 Å². The summed E-state index contributed by atoms with van der Waals surface area (Å²) in [4.78, 5) is 29.0. The fourth-order valence-electron chi connectivity index (χ4n) is 3.91. The van der Waals surface area contributed by atoms with Gasteiger partial charge in [0.25, 0.3) is 5.91 Å². The largest absolute Gasteiger partial charge is 0.496 e. The summed E-state index contributed by atoms with van der Waals surface area (Å²) >= 11 is 6.50. The highest BCUT2D eigenvalue weighted by atomic mass is 35.5. The molecule has 1 atom stereocenters. The van der Waals surface area contributed by atoms with Crippen LogP contribution in [0.5, 0.6) is 5.75 Å². The van der Waals surface area contributed by atoms with Crippen molar-refractivity contribution in [3.63, 3.8) is 0 Å². The number of halogens is 1. The van der Waals surface area contributed by atoms with Crippen molar-refractivity contribution < 1.29 is 19.4 Å². The Morgan fingerprint density at radius 2 is 1.93 bits per heavy atom. The lowest BCUT2D eigenvalue weighted by Gasteiger charge is -2.27. The molecule has 7 nitrogen and oxygen atoms in total. The van der Waals surface area contributed by atoms with Crippen LogP contribution in [0.1, 0.15) is 35.3 Å². The van der Waals surface area contributed by atoms with E-state index in [9.17, 15) is 14.7 Å². The number of ether oxygens (including phenoxy) is 1. The Morgan fingerprint density at radius 1 is 1.27 bits per heavy atom. The van der Waals surface area contributed by atoms with Crippen LogP contribution in [0, 0.1) is 0 Å². The van der Waals surface area contributed by atoms with Crippen LogP contribution in [0.3, 0.4) is 0 Å². The van der Waals surface area contributed by atoms with E-state index in [4.69, 9.17) is 22.1 Å². The van der Waals surface area contributed by atoms with Crippen LogP contribution in [0.4, 0.5) is 5.69 Å². The molecule has 2 amide bonds. The molecular formula is C22H26ClN3O4. The molecule has 2 aromatic carbocycles. The van der Waals surface area contributed by atoms with E-state index in [0.717, 1.165) is 13.1 Å². The maximum atomic E-state index is 13.6. The van der Waals surface area contributed by atoms with Crippen molar-refractivity contribution in [3.05, 3.63) is 58.1 Å². The molecule has 0 radical (unpaired) electrons. The summed E-state index contributed by atoms with van der Waals surface area (Å²) in [6.07, 6.45) is 0. The van der Waals surface area contributed by atoms with Gasteiger partial charge in [0.15, 0.2) is 0 Å². The Bertz CT molecular complexity index is 977. The normalized spacial score (nSPS) is 18.1. The van der Waals surface area contributed by atoms with E-state index in [1.807, 2.05) is 13.8 Å². The van der Waals surface area contributed by atoms with Gasteiger partial charge in [-0.15, -0.1) is 0 Å². The van der Waals surface area contributed by atoms with Gasteiger partial charge in [0, 0.05) is 29.8 Å². The standard InChI is InChI=1S/C22H26ClN3O4/c1-4-25(5-2)10-11-26-17-13-14(20(24)27)12-16(23)19(17)22(29,21(26)28)15-8-6-7-9-18(15)30-3/h6-9,12-13,29H,4-5,10-11H2,1-3H3,(H2,24,27). The first-order valence-electron chi connectivity index (χ1n) is 9.83. The monoisotopic (exact) mass is 431 g/mol. The van der Waals surface area contributed by atoms with Crippen molar-refractivity contribution in [3.8, 4) is 5.75 Å². The highest BCUT2D eigenvalue weighted by molar-refractivity contribution is 6.34. The third-order valence-electron chi connectivity index (χ3n) is 5.59. The molecule has 8 heteroatoms. The number of hydrogen-bond donors (Lipinski definition) is 2. The van der Waals surface area contributed by atoms with Gasteiger partial charge in [0.1, 0.15) is 5.75 Å². The van der Waals surface area contributed by atoms with Gasteiger partial charge in [0.05, 0.1) is 17.8 Å². The number of amides is 2. The molecule has 2 aromatic rings. The van der Waals surface area contributed by atoms with E-state index in [1.54, 1.807) is 24.3 Å². The minimum Gasteiger partial charge on any atom is -0.496 e. The van der Waals surface area contributed by atoms with Crippen molar-refractivity contribution in [1.82, 2.24) is 4.90 Å². The molecular weight excluding hydrogens is 406 g/mol. The molecule has 0 aliphatic carbocycles. The molecule has 3 N–H and O–H groups in total. The Balaban J connectivity index is 2.20. The van der Waals surface area contributed by atoms with E-state index in [2.05, 4.69) is 4.90 Å². The second-order valence-electron chi connectivity index (χ2n) is 7.11. The van der Waals surface area contributed by atoms with Gasteiger partial charge < -0.3 is 25.4 Å². The van der Waals surface area contributed by atoms with Crippen molar-refractivity contribution >= 4 is 29.1 Å². The van der Waals surface area contributed by atoms with Crippen molar-refractivity contribution in [2.45, 2.75) is 19.4 Å². The summed E-state index contributed by atoms with van der Waals surface area (Å²) in [5.74, 6) is -0.846. The van der Waals surface area contributed by atoms with Crippen LogP contribution in [0.25, 0.3) is 0 Å². The fourth-order valence-corrected chi connectivity index (χ4v) is 4.26. The molecule has 1 aliphatic rings. The van der Waals surface area contributed by atoms with Crippen LogP contribution in [-0.4, -0.2) is 55.1 Å². The number of hydrogen-bond acceptors (Lipinski definition) is 5. The lowest BCUT2D eigenvalue weighted by Crippen LogP contribution is -2.44. The number of methoxy groups -OCH3 is 1. The molecule has 0 saturated carbocycles. The van der Waals surface area contributed by atoms with Gasteiger partial charge in [-0.2, -0.15) is 0 Å². The smallest absolute Gasteiger partial charge is 0.268 e. The summed E-state index contributed by atoms with van der Waals surface area (Å²) in [5, 5.41) is 11.9. The Hall–Kier alpha value is -2.61. The molecule has 0 bridgehead atoms. The van der Waals surface area contributed by atoms with Crippen molar-refractivity contribution in [2.75, 3.05) is 38.2 Å². The number of rotatable bonds is 8. The molecule has 1 unspecified atom stereocenters. The summed E-state index contributed by atoms with van der Waals surface area (Å²) in [6, 6.07) is 9.66. The summed E-state index contributed by atoms with van der Waals surface area (Å²) < 4.78 is 5.40. The Morgan fingerprint density at radius 3 is 2.53 bits per heavy atom. The summed E-state index contributed by atoms with van der Waals surface area (Å²) in [5.41, 5.74) is 4.47. The molecule has 0 fully saturated rings. The molecule has 1 heterocycles. The number of nitrogens with two attached hydrogens (primary N) is 1. The van der Waals surface area contributed by atoms with Crippen LogP contribution < -0.4 is 15.4 Å². The summed E-state index contributed by atoms with van der Waals surface area (Å²) in [6.45, 7) is 6.64. The molecule has 160 valence electrons. The van der Waals surface area contributed by atoms with Crippen LogP contribution in [0.2, 0.25) is 5.02 Å². The predicted octanol–water partition coefficient (Wildman–Crippen LogP) is 2.37. The van der Waals surface area contributed by atoms with E-state index < -0.39 is 17.4 Å². The molecule has 30 heavy (non-hydrogen) atoms. The Labute approximate surface area is 181 Å². The maximum Gasteiger partial charge on any atom is 0.268 e. The average Bonchev–Trinajstić information content (AvgIpc) is 2.96.